The van der Waals surface area contributed by atoms with E-state index in [1.54, 1.807) is 17.7 Å². The van der Waals surface area contributed by atoms with Gasteiger partial charge in [-0.25, -0.2) is 8.42 Å². The Balaban J connectivity index is 1.48. The predicted molar refractivity (Wildman–Crippen MR) is 162 cm³/mol. The maximum atomic E-state index is 13.6. The van der Waals surface area contributed by atoms with Gasteiger partial charge in [-0.2, -0.15) is 13.2 Å². The zero-order valence-corrected chi connectivity index (χ0v) is 25.8. The van der Waals surface area contributed by atoms with E-state index in [1.807, 2.05) is 30.0 Å². The number of likely N-dealkylation sites (tertiary alicyclic amines) is 1. The third kappa shape index (κ3) is 8.01. The van der Waals surface area contributed by atoms with E-state index >= 15 is 0 Å². The monoisotopic (exact) mass is 638 g/mol. The molecule has 2 aromatic carbocycles. The maximum absolute atomic E-state index is 13.6. The Labute approximate surface area is 254 Å². The molecule has 11 nitrogen and oxygen atoms in total. The summed E-state index contributed by atoms with van der Waals surface area (Å²) in [7, 11) is 0.889. The van der Waals surface area contributed by atoms with Gasteiger partial charge >= 0.3 is 6.18 Å². The van der Waals surface area contributed by atoms with Crippen molar-refractivity contribution >= 4 is 44.1 Å². The summed E-state index contributed by atoms with van der Waals surface area (Å²) in [5.41, 5.74) is -0.214. The predicted octanol–water partition coefficient (Wildman–Crippen LogP) is 3.52. The zero-order valence-electron chi connectivity index (χ0n) is 25.0. The molecule has 0 aliphatic carbocycles. The Morgan fingerprint density at radius 2 is 1.82 bits per heavy atom. The molecule has 3 aromatic rings. The number of hydrogen-bond acceptors (Lipinski definition) is 7. The van der Waals surface area contributed by atoms with Gasteiger partial charge < -0.3 is 30.2 Å². The van der Waals surface area contributed by atoms with Crippen LogP contribution in [0.2, 0.25) is 0 Å². The Hall–Kier alpha value is -3.82. The number of sulfonamides is 1. The second-order valence-corrected chi connectivity index (χ2v) is 12.6. The molecule has 1 aliphatic rings. The van der Waals surface area contributed by atoms with Crippen molar-refractivity contribution in [2.45, 2.75) is 38.0 Å². The molecule has 2 amide bonds. The number of nitrogens with zero attached hydrogens (tertiary/aromatic N) is 2. The number of benzene rings is 2. The molecule has 0 saturated carbocycles. The van der Waals surface area contributed by atoms with Crippen LogP contribution >= 0.6 is 0 Å². The first kappa shape index (κ1) is 33.1. The Bertz CT molecular complexity index is 1640. The minimum Gasteiger partial charge on any atom is -0.492 e. The number of anilines is 2. The lowest BCUT2D eigenvalue weighted by atomic mass is 10.1. The van der Waals surface area contributed by atoms with Crippen molar-refractivity contribution in [3.05, 3.63) is 53.2 Å². The van der Waals surface area contributed by atoms with Crippen LogP contribution in [0, 0.1) is 0 Å². The molecule has 0 bridgehead atoms. The molecule has 0 spiro atoms. The molecule has 0 radical (unpaired) electrons. The Morgan fingerprint density at radius 1 is 1.09 bits per heavy atom. The SMILES string of the molecule is COc1c(NC(=O)c2cc3cccc(CNCCNC(=O)C[C@@H]4CCCN4C)c3n2C)cc(C(F)(F)F)cc1NS(C)(=O)=O. The summed E-state index contributed by atoms with van der Waals surface area (Å²) < 4.78 is 73.4. The van der Waals surface area contributed by atoms with Crippen LogP contribution in [0.5, 0.6) is 5.75 Å². The summed E-state index contributed by atoms with van der Waals surface area (Å²) in [6.07, 6.45) is -1.42. The van der Waals surface area contributed by atoms with Gasteiger partial charge in [0.15, 0.2) is 5.75 Å². The number of alkyl halides is 3. The van der Waals surface area contributed by atoms with Crippen LogP contribution in [0.25, 0.3) is 10.9 Å². The van der Waals surface area contributed by atoms with E-state index in [4.69, 9.17) is 4.74 Å². The van der Waals surface area contributed by atoms with Crippen molar-refractivity contribution < 1.29 is 35.9 Å². The number of amides is 2. The summed E-state index contributed by atoms with van der Waals surface area (Å²) in [6.45, 7) is 2.44. The van der Waals surface area contributed by atoms with Crippen molar-refractivity contribution in [2.24, 2.45) is 7.05 Å². The molecule has 1 atom stereocenters. The molecular formula is C29H37F3N6O5S. The number of hydrogen-bond donors (Lipinski definition) is 4. The van der Waals surface area contributed by atoms with Gasteiger partial charge in [-0.15, -0.1) is 0 Å². The van der Waals surface area contributed by atoms with E-state index in [9.17, 15) is 31.2 Å². The third-order valence-electron chi connectivity index (χ3n) is 7.57. The highest BCUT2D eigenvalue weighted by Crippen LogP contribution is 2.41. The number of para-hydroxylation sites is 1. The summed E-state index contributed by atoms with van der Waals surface area (Å²) in [5, 5.41) is 9.44. The molecule has 1 aromatic heterocycles. The number of carbonyl (C=O) groups excluding carboxylic acids is 2. The fraction of sp³-hybridized carbons (Fsp3) is 0.448. The first-order valence-electron chi connectivity index (χ1n) is 14.0. The van der Waals surface area contributed by atoms with Gasteiger partial charge in [-0.1, -0.05) is 18.2 Å². The quantitative estimate of drug-likeness (QED) is 0.223. The van der Waals surface area contributed by atoms with Crippen LogP contribution in [0.1, 0.15) is 40.9 Å². The summed E-state index contributed by atoms with van der Waals surface area (Å²) in [5.74, 6) is -0.980. The smallest absolute Gasteiger partial charge is 0.416 e. The van der Waals surface area contributed by atoms with E-state index in [2.05, 4.69) is 20.9 Å². The van der Waals surface area contributed by atoms with E-state index in [0.717, 1.165) is 49.2 Å². The van der Waals surface area contributed by atoms with Gasteiger partial charge in [0, 0.05) is 44.5 Å². The third-order valence-corrected chi connectivity index (χ3v) is 8.16. The molecule has 1 saturated heterocycles. The highest BCUT2D eigenvalue weighted by atomic mass is 32.2. The fourth-order valence-electron chi connectivity index (χ4n) is 5.47. The molecule has 0 unspecified atom stereocenters. The van der Waals surface area contributed by atoms with Gasteiger partial charge in [-0.05, 0) is 50.2 Å². The average molecular weight is 639 g/mol. The topological polar surface area (TPSA) is 134 Å². The Morgan fingerprint density at radius 3 is 2.45 bits per heavy atom. The van der Waals surface area contributed by atoms with E-state index in [0.29, 0.717) is 38.2 Å². The van der Waals surface area contributed by atoms with Crippen LogP contribution in [0.4, 0.5) is 24.5 Å². The minimum atomic E-state index is -4.82. The number of nitrogens with one attached hydrogen (secondary N) is 4. The van der Waals surface area contributed by atoms with Crippen LogP contribution in [-0.2, 0) is 34.6 Å². The molecule has 240 valence electrons. The van der Waals surface area contributed by atoms with Gasteiger partial charge in [0.1, 0.15) is 5.69 Å². The first-order chi connectivity index (χ1) is 20.7. The normalized spacial score (nSPS) is 15.8. The molecule has 15 heteroatoms. The van der Waals surface area contributed by atoms with Crippen molar-refractivity contribution in [3.8, 4) is 5.75 Å². The molecule has 4 rings (SSSR count). The van der Waals surface area contributed by atoms with Crippen LogP contribution < -0.4 is 25.4 Å². The van der Waals surface area contributed by atoms with Crippen LogP contribution in [0.15, 0.2) is 36.4 Å². The zero-order chi connectivity index (χ0) is 32.2. The standard InChI is InChI=1S/C29H37F3N6O5S/c1-37-12-6-9-21(37)16-25(39)34-11-10-33-17-19-8-5-7-18-13-24(38(2)26(18)19)28(40)35-22-14-20(29(30,31)32)15-23(27(22)43-3)36-44(4,41)42/h5,7-8,13-15,21,33,36H,6,9-12,16-17H2,1-4H3,(H,34,39)(H,35,40)/t21-/m0/s1. The molecule has 44 heavy (non-hydrogen) atoms. The number of ether oxygens (including phenoxy) is 1. The van der Waals surface area contributed by atoms with E-state index < -0.39 is 33.4 Å². The highest BCUT2D eigenvalue weighted by Gasteiger charge is 2.33. The first-order valence-corrected chi connectivity index (χ1v) is 15.9. The van der Waals surface area contributed by atoms with Crippen molar-refractivity contribution in [1.82, 2.24) is 20.1 Å². The number of halogens is 3. The largest absolute Gasteiger partial charge is 0.492 e. The highest BCUT2D eigenvalue weighted by molar-refractivity contribution is 7.92. The molecule has 2 heterocycles. The molecule has 4 N–H and O–H groups in total. The van der Waals surface area contributed by atoms with Crippen molar-refractivity contribution in [1.29, 1.82) is 0 Å². The lowest BCUT2D eigenvalue weighted by Crippen LogP contribution is -2.36. The van der Waals surface area contributed by atoms with Gasteiger partial charge in [0.05, 0.1) is 35.8 Å². The van der Waals surface area contributed by atoms with Crippen molar-refractivity contribution in [2.75, 3.05) is 50.1 Å². The van der Waals surface area contributed by atoms with Gasteiger partial charge in [-0.3, -0.25) is 14.3 Å². The molecule has 1 aliphatic heterocycles. The van der Waals surface area contributed by atoms with E-state index in [1.165, 1.54) is 0 Å². The van der Waals surface area contributed by atoms with E-state index in [-0.39, 0.29) is 29.1 Å². The van der Waals surface area contributed by atoms with Crippen LogP contribution in [-0.4, -0.2) is 75.8 Å². The Kier molecular flexibility index (Phi) is 10.1. The van der Waals surface area contributed by atoms with Gasteiger partial charge in [0.25, 0.3) is 5.91 Å². The second-order valence-electron chi connectivity index (χ2n) is 10.9. The van der Waals surface area contributed by atoms with Crippen LogP contribution in [0.3, 0.4) is 0 Å². The number of rotatable bonds is 12. The van der Waals surface area contributed by atoms with Gasteiger partial charge in [0.2, 0.25) is 15.9 Å². The summed E-state index contributed by atoms with van der Waals surface area (Å²) >= 11 is 0. The number of aryl methyl sites for hydroxylation is 1. The lowest BCUT2D eigenvalue weighted by molar-refractivity contribution is -0.137. The number of aromatic nitrogens is 1. The van der Waals surface area contributed by atoms with Crippen molar-refractivity contribution in [3.63, 3.8) is 0 Å². The molecule has 1 fully saturated rings. The number of methoxy groups -OCH3 is 1. The maximum Gasteiger partial charge on any atom is 0.416 e. The molecular weight excluding hydrogens is 601 g/mol. The summed E-state index contributed by atoms with van der Waals surface area (Å²) in [6, 6.07) is 8.73. The minimum absolute atomic E-state index is 0.0161. The summed E-state index contributed by atoms with van der Waals surface area (Å²) in [4.78, 5) is 27.9. The lowest BCUT2D eigenvalue weighted by Gasteiger charge is -2.18. The second kappa shape index (κ2) is 13.4. The fourth-order valence-corrected chi connectivity index (χ4v) is 6.02. The number of carbonyl (C=O) groups is 2. The average Bonchev–Trinajstić information content (AvgIpc) is 3.49. The number of fused-ring (bicyclic) bond motifs is 1.